The molecule has 7 heteroatoms. The number of nitrogens with zero attached hydrogens (tertiary/aromatic N) is 1. The molecule has 1 aliphatic heterocycles. The predicted molar refractivity (Wildman–Crippen MR) is 133 cm³/mol. The van der Waals surface area contributed by atoms with Gasteiger partial charge >= 0.3 is 0 Å². The summed E-state index contributed by atoms with van der Waals surface area (Å²) in [6.45, 7) is 1.89. The molecule has 0 unspecified atom stereocenters. The molecule has 1 aromatic carbocycles. The number of pyridine rings is 1. The van der Waals surface area contributed by atoms with Gasteiger partial charge in [0.15, 0.2) is 5.78 Å². The third kappa shape index (κ3) is 4.15. The lowest BCUT2D eigenvalue weighted by atomic mass is 9.72. The van der Waals surface area contributed by atoms with Gasteiger partial charge in [0, 0.05) is 51.9 Å². The van der Waals surface area contributed by atoms with Crippen LogP contribution in [-0.4, -0.2) is 23.8 Å². The van der Waals surface area contributed by atoms with Crippen LogP contribution in [0.15, 0.2) is 88.7 Å². The summed E-state index contributed by atoms with van der Waals surface area (Å²) in [7, 11) is 1.61. The second-order valence-electron chi connectivity index (χ2n) is 8.48. The fourth-order valence-electron chi connectivity index (χ4n) is 4.84. The molecule has 0 saturated heterocycles. The molecule has 1 amide bonds. The number of carbonyl (C=O) groups excluding carboxylic acids is 2. The molecule has 0 spiro atoms. The number of dihydropyridines is 1. The summed E-state index contributed by atoms with van der Waals surface area (Å²) in [4.78, 5) is 32.6. The number of anilines is 1. The maximum atomic E-state index is 13.6. The number of amides is 1. The van der Waals surface area contributed by atoms with Gasteiger partial charge in [0.2, 0.25) is 0 Å². The van der Waals surface area contributed by atoms with E-state index < -0.39 is 5.92 Å². The first-order chi connectivity index (χ1) is 16.5. The van der Waals surface area contributed by atoms with Gasteiger partial charge in [0.25, 0.3) is 5.91 Å². The van der Waals surface area contributed by atoms with Crippen LogP contribution in [-0.2, 0) is 9.59 Å². The van der Waals surface area contributed by atoms with Gasteiger partial charge in [-0.2, -0.15) is 0 Å². The first-order valence-electron chi connectivity index (χ1n) is 11.2. The Morgan fingerprint density at radius 1 is 1.15 bits per heavy atom. The molecule has 0 fully saturated rings. The van der Waals surface area contributed by atoms with Crippen LogP contribution in [0, 0.1) is 0 Å². The van der Waals surface area contributed by atoms with Crippen molar-refractivity contribution in [3.05, 3.63) is 99.2 Å². The highest BCUT2D eigenvalue weighted by Gasteiger charge is 2.41. The van der Waals surface area contributed by atoms with Crippen molar-refractivity contribution in [3.8, 4) is 5.75 Å². The summed E-state index contributed by atoms with van der Waals surface area (Å²) in [5, 5.41) is 8.36. The van der Waals surface area contributed by atoms with E-state index in [1.807, 2.05) is 48.7 Å². The SMILES string of the molecule is COc1cccc([C@H]2C(C(=O)Nc3ccccn3)=C(C)NC3=C2C(=O)C[C@@H](c2cccs2)C3)c1. The number of nitrogens with one attached hydrogen (secondary N) is 2. The number of allylic oxidation sites excluding steroid dienone is 3. The summed E-state index contributed by atoms with van der Waals surface area (Å²) in [5.74, 6) is 0.574. The fraction of sp³-hybridized carbons (Fsp3) is 0.222. The van der Waals surface area contributed by atoms with E-state index in [1.54, 1.807) is 36.8 Å². The van der Waals surface area contributed by atoms with Crippen molar-refractivity contribution in [2.24, 2.45) is 0 Å². The molecule has 3 aromatic rings. The van der Waals surface area contributed by atoms with Crippen LogP contribution in [0.5, 0.6) is 5.75 Å². The number of benzene rings is 1. The first-order valence-corrected chi connectivity index (χ1v) is 12.1. The number of carbonyl (C=O) groups is 2. The molecular formula is C27H25N3O3S. The summed E-state index contributed by atoms with van der Waals surface area (Å²) >= 11 is 1.68. The molecule has 2 aliphatic rings. The third-order valence-electron chi connectivity index (χ3n) is 6.35. The first kappa shape index (κ1) is 22.1. The van der Waals surface area contributed by atoms with E-state index in [-0.39, 0.29) is 17.6 Å². The minimum atomic E-state index is -0.494. The Morgan fingerprint density at radius 3 is 2.76 bits per heavy atom. The van der Waals surface area contributed by atoms with E-state index in [4.69, 9.17) is 4.74 Å². The van der Waals surface area contributed by atoms with Crippen LogP contribution < -0.4 is 15.4 Å². The van der Waals surface area contributed by atoms with Crippen molar-refractivity contribution in [3.63, 3.8) is 0 Å². The number of aromatic nitrogens is 1. The molecule has 5 rings (SSSR count). The quantitative estimate of drug-likeness (QED) is 0.538. The molecule has 3 heterocycles. The third-order valence-corrected chi connectivity index (χ3v) is 7.39. The van der Waals surface area contributed by atoms with Crippen LogP contribution in [0.25, 0.3) is 0 Å². The van der Waals surface area contributed by atoms with E-state index in [1.165, 1.54) is 4.88 Å². The zero-order valence-electron chi connectivity index (χ0n) is 19.0. The van der Waals surface area contributed by atoms with Crippen LogP contribution in [0.3, 0.4) is 0 Å². The minimum Gasteiger partial charge on any atom is -0.497 e. The Hall–Kier alpha value is -3.71. The zero-order chi connectivity index (χ0) is 23.7. The molecule has 0 radical (unpaired) electrons. The zero-order valence-corrected chi connectivity index (χ0v) is 19.8. The summed E-state index contributed by atoms with van der Waals surface area (Å²) in [5.41, 5.74) is 3.66. The lowest BCUT2D eigenvalue weighted by molar-refractivity contribution is -0.116. The molecule has 2 atom stereocenters. The van der Waals surface area contributed by atoms with E-state index >= 15 is 0 Å². The summed E-state index contributed by atoms with van der Waals surface area (Å²) < 4.78 is 5.45. The number of ketones is 1. The lowest BCUT2D eigenvalue weighted by Gasteiger charge is -2.36. The van der Waals surface area contributed by atoms with Crippen molar-refractivity contribution in [2.45, 2.75) is 31.6 Å². The topological polar surface area (TPSA) is 80.3 Å². The van der Waals surface area contributed by atoms with Gasteiger partial charge in [-0.3, -0.25) is 9.59 Å². The van der Waals surface area contributed by atoms with Crippen LogP contribution in [0.2, 0.25) is 0 Å². The number of methoxy groups -OCH3 is 1. The van der Waals surface area contributed by atoms with Gasteiger partial charge in [-0.25, -0.2) is 4.98 Å². The van der Waals surface area contributed by atoms with Crippen molar-refractivity contribution < 1.29 is 14.3 Å². The Balaban J connectivity index is 1.58. The molecule has 34 heavy (non-hydrogen) atoms. The average molecular weight is 472 g/mol. The number of thiophene rings is 1. The number of ether oxygens (including phenoxy) is 1. The van der Waals surface area contributed by atoms with Gasteiger partial charge in [-0.1, -0.05) is 24.3 Å². The normalized spacial score (nSPS) is 20.0. The summed E-state index contributed by atoms with van der Waals surface area (Å²) in [6, 6.07) is 17.1. The smallest absolute Gasteiger partial charge is 0.255 e. The van der Waals surface area contributed by atoms with E-state index in [2.05, 4.69) is 21.7 Å². The highest BCUT2D eigenvalue weighted by atomic mass is 32.1. The minimum absolute atomic E-state index is 0.0654. The van der Waals surface area contributed by atoms with Crippen molar-refractivity contribution in [1.82, 2.24) is 10.3 Å². The molecule has 1 aliphatic carbocycles. The lowest BCUT2D eigenvalue weighted by Crippen LogP contribution is -2.37. The standard InChI is InChI=1S/C27H25N3O3S/c1-16-24(27(32)30-23-10-3-4-11-28-23)25(17-7-5-8-19(13-17)33-2)26-20(29-16)14-18(15-21(26)31)22-9-6-12-34-22/h3-13,18,25,29H,14-15H2,1-2H3,(H,28,30,32)/t18-,25-/m0/s1. The number of Topliss-reactive ketones (excluding diaryl/α,β-unsaturated/α-hetero) is 1. The van der Waals surface area contributed by atoms with Crippen molar-refractivity contribution in [2.75, 3.05) is 12.4 Å². The monoisotopic (exact) mass is 471 g/mol. The van der Waals surface area contributed by atoms with Gasteiger partial charge in [-0.05, 0) is 54.6 Å². The van der Waals surface area contributed by atoms with Crippen LogP contribution in [0.1, 0.15) is 42.0 Å². The van der Waals surface area contributed by atoms with E-state index in [9.17, 15) is 9.59 Å². The molecule has 0 saturated carbocycles. The molecular weight excluding hydrogens is 446 g/mol. The molecule has 172 valence electrons. The second kappa shape index (κ2) is 9.27. The molecule has 2 aromatic heterocycles. The maximum absolute atomic E-state index is 13.6. The second-order valence-corrected chi connectivity index (χ2v) is 9.46. The predicted octanol–water partition coefficient (Wildman–Crippen LogP) is 5.15. The van der Waals surface area contributed by atoms with Gasteiger partial charge in [0.1, 0.15) is 11.6 Å². The number of hydrogen-bond donors (Lipinski definition) is 2. The fourth-order valence-corrected chi connectivity index (χ4v) is 5.67. The van der Waals surface area contributed by atoms with E-state index in [0.717, 1.165) is 23.4 Å². The largest absolute Gasteiger partial charge is 0.497 e. The Kier molecular flexibility index (Phi) is 6.02. The van der Waals surface area contributed by atoms with Gasteiger partial charge in [0.05, 0.1) is 7.11 Å². The molecule has 6 nitrogen and oxygen atoms in total. The number of hydrogen-bond acceptors (Lipinski definition) is 6. The average Bonchev–Trinajstić information content (AvgIpc) is 3.39. The van der Waals surface area contributed by atoms with Crippen molar-refractivity contribution >= 4 is 28.8 Å². The van der Waals surface area contributed by atoms with Gasteiger partial charge in [-0.15, -0.1) is 11.3 Å². The Bertz CT molecular complexity index is 1300. The molecule has 0 bridgehead atoms. The van der Waals surface area contributed by atoms with E-state index in [0.29, 0.717) is 29.1 Å². The Labute approximate surface area is 202 Å². The Morgan fingerprint density at radius 2 is 2.03 bits per heavy atom. The molecule has 2 N–H and O–H groups in total. The van der Waals surface area contributed by atoms with Crippen LogP contribution in [0.4, 0.5) is 5.82 Å². The maximum Gasteiger partial charge on any atom is 0.255 e. The van der Waals surface area contributed by atoms with Gasteiger partial charge < -0.3 is 15.4 Å². The van der Waals surface area contributed by atoms with Crippen molar-refractivity contribution in [1.29, 1.82) is 0 Å². The number of rotatable bonds is 5. The highest BCUT2D eigenvalue weighted by molar-refractivity contribution is 7.10. The highest BCUT2D eigenvalue weighted by Crippen LogP contribution is 2.46. The van der Waals surface area contributed by atoms with Crippen LogP contribution >= 0.6 is 11.3 Å². The summed E-state index contributed by atoms with van der Waals surface area (Å²) in [6.07, 6.45) is 2.79.